The lowest BCUT2D eigenvalue weighted by Gasteiger charge is -2.07. The smallest absolute Gasteiger partial charge is 0.213 e. The summed E-state index contributed by atoms with van der Waals surface area (Å²) in [5.74, 6) is 1.36. The molecule has 24 heavy (non-hydrogen) atoms. The summed E-state index contributed by atoms with van der Waals surface area (Å²) in [5, 5.41) is 8.91. The molecule has 2 aromatic rings. The van der Waals surface area contributed by atoms with Crippen LogP contribution in [-0.4, -0.2) is 20.2 Å². The molecule has 0 saturated heterocycles. The van der Waals surface area contributed by atoms with Gasteiger partial charge in [0.1, 0.15) is 11.5 Å². The van der Waals surface area contributed by atoms with Gasteiger partial charge in [0.15, 0.2) is 0 Å². The molecule has 2 aromatic carbocycles. The van der Waals surface area contributed by atoms with Crippen LogP contribution in [0.5, 0.6) is 11.5 Å². The molecule has 0 spiro atoms. The average Bonchev–Trinajstić information content (AvgIpc) is 2.64. The lowest BCUT2D eigenvalue weighted by molar-refractivity contribution is 0.391. The van der Waals surface area contributed by atoms with E-state index in [0.717, 1.165) is 5.56 Å². The molecule has 6 heteroatoms. The first-order chi connectivity index (χ1) is 11.7. The van der Waals surface area contributed by atoms with Crippen molar-refractivity contribution in [3.63, 3.8) is 0 Å². The number of rotatable bonds is 5. The fourth-order valence-corrected chi connectivity index (χ4v) is 1.97. The van der Waals surface area contributed by atoms with Crippen molar-refractivity contribution in [3.8, 4) is 17.6 Å². The van der Waals surface area contributed by atoms with Crippen molar-refractivity contribution in [2.45, 2.75) is 6.54 Å². The Morgan fingerprint density at radius 1 is 1.17 bits per heavy atom. The number of nitriles is 1. The molecule has 0 aromatic heterocycles. The molecule has 0 heterocycles. The van der Waals surface area contributed by atoms with E-state index in [1.54, 1.807) is 32.4 Å². The molecule has 0 bridgehead atoms. The summed E-state index contributed by atoms with van der Waals surface area (Å²) in [7, 11) is 3.16. The van der Waals surface area contributed by atoms with Gasteiger partial charge in [-0.2, -0.15) is 10.3 Å². The standard InChI is InChI=1S/C18H14N4O2/c1-20-16-7-4-13(10-19)8-17(16)22-12-21-11-14-5-6-15(23-2)9-18(14)24-3/h4-9H,11H2,2-3H3. The lowest BCUT2D eigenvalue weighted by atomic mass is 10.2. The third kappa shape index (κ3) is 3.98. The van der Waals surface area contributed by atoms with E-state index in [2.05, 4.69) is 20.8 Å². The van der Waals surface area contributed by atoms with Crippen LogP contribution in [0.15, 0.2) is 46.4 Å². The van der Waals surface area contributed by atoms with Crippen LogP contribution in [0.4, 0.5) is 11.4 Å². The van der Waals surface area contributed by atoms with Gasteiger partial charge in [-0.25, -0.2) is 9.84 Å². The van der Waals surface area contributed by atoms with Gasteiger partial charge in [-0.05, 0) is 18.2 Å². The SMILES string of the molecule is [C-]#[N+]c1ccc(C#N)cc1N=C=NCc1ccc(OC)cc1OC. The highest BCUT2D eigenvalue weighted by Gasteiger charge is 2.04. The second kappa shape index (κ2) is 8.14. The Morgan fingerprint density at radius 3 is 2.67 bits per heavy atom. The van der Waals surface area contributed by atoms with Gasteiger partial charge >= 0.3 is 0 Å². The zero-order chi connectivity index (χ0) is 17.4. The highest BCUT2D eigenvalue weighted by molar-refractivity contribution is 5.71. The Morgan fingerprint density at radius 2 is 2.00 bits per heavy atom. The Bertz CT molecular complexity index is 885. The summed E-state index contributed by atoms with van der Waals surface area (Å²) < 4.78 is 10.4. The predicted molar refractivity (Wildman–Crippen MR) is 90.2 cm³/mol. The highest BCUT2D eigenvalue weighted by Crippen LogP contribution is 2.28. The minimum atomic E-state index is 0.321. The molecule has 0 saturated carbocycles. The van der Waals surface area contributed by atoms with Gasteiger partial charge in [0.2, 0.25) is 5.69 Å². The van der Waals surface area contributed by atoms with E-state index in [-0.39, 0.29) is 0 Å². The Hall–Kier alpha value is -3.60. The van der Waals surface area contributed by atoms with Gasteiger partial charge in [-0.3, -0.25) is 0 Å². The van der Waals surface area contributed by atoms with Crippen molar-refractivity contribution in [2.75, 3.05) is 14.2 Å². The van der Waals surface area contributed by atoms with E-state index in [0.29, 0.717) is 35.0 Å². The third-order valence-electron chi connectivity index (χ3n) is 3.21. The Balaban J connectivity index is 2.22. The van der Waals surface area contributed by atoms with Crippen molar-refractivity contribution >= 4 is 17.4 Å². The average molecular weight is 318 g/mol. The summed E-state index contributed by atoms with van der Waals surface area (Å²) in [6, 6.07) is 14.7. The Kier molecular flexibility index (Phi) is 5.69. The van der Waals surface area contributed by atoms with Gasteiger partial charge in [-0.15, -0.1) is 0 Å². The van der Waals surface area contributed by atoms with Crippen molar-refractivity contribution in [3.05, 3.63) is 58.9 Å². The fourth-order valence-electron chi connectivity index (χ4n) is 1.97. The summed E-state index contributed by atoms with van der Waals surface area (Å²) >= 11 is 0. The van der Waals surface area contributed by atoms with Gasteiger partial charge in [-0.1, -0.05) is 12.1 Å². The molecule has 0 amide bonds. The van der Waals surface area contributed by atoms with Crippen LogP contribution in [0, 0.1) is 17.9 Å². The fraction of sp³-hybridized carbons (Fsp3) is 0.167. The molecule has 0 radical (unpaired) electrons. The van der Waals surface area contributed by atoms with Crippen LogP contribution in [0.2, 0.25) is 0 Å². The molecular weight excluding hydrogens is 304 g/mol. The molecule has 0 aliphatic heterocycles. The van der Waals surface area contributed by atoms with Crippen molar-refractivity contribution < 1.29 is 9.47 Å². The monoisotopic (exact) mass is 318 g/mol. The van der Waals surface area contributed by atoms with Gasteiger partial charge in [0.25, 0.3) is 0 Å². The Labute approximate surface area is 140 Å². The maximum atomic E-state index is 8.91. The molecule has 6 nitrogen and oxygen atoms in total. The van der Waals surface area contributed by atoms with Crippen molar-refractivity contribution in [1.82, 2.24) is 0 Å². The van der Waals surface area contributed by atoms with Crippen molar-refractivity contribution in [2.24, 2.45) is 9.98 Å². The number of nitrogens with zero attached hydrogens (tertiary/aromatic N) is 4. The molecule has 0 N–H and O–H groups in total. The molecular formula is C18H14N4O2. The first kappa shape index (κ1) is 16.8. The zero-order valence-corrected chi connectivity index (χ0v) is 13.3. The summed E-state index contributed by atoms with van der Waals surface area (Å²) in [4.78, 5) is 11.5. The molecule has 0 atom stereocenters. The van der Waals surface area contributed by atoms with Crippen LogP contribution in [0.25, 0.3) is 4.85 Å². The van der Waals surface area contributed by atoms with Crippen LogP contribution in [0.1, 0.15) is 11.1 Å². The topological polar surface area (TPSA) is 71.3 Å². The summed E-state index contributed by atoms with van der Waals surface area (Å²) in [6.45, 7) is 7.44. The molecule has 2 rings (SSSR count). The van der Waals surface area contributed by atoms with E-state index < -0.39 is 0 Å². The number of benzene rings is 2. The quantitative estimate of drug-likeness (QED) is 0.614. The number of hydrogen-bond acceptors (Lipinski definition) is 5. The second-order valence-electron chi connectivity index (χ2n) is 4.63. The highest BCUT2D eigenvalue weighted by atomic mass is 16.5. The van der Waals surface area contributed by atoms with E-state index >= 15 is 0 Å². The first-order valence-electron chi connectivity index (χ1n) is 6.96. The number of methoxy groups -OCH3 is 2. The molecule has 0 aliphatic rings. The number of ether oxygens (including phenoxy) is 2. The van der Waals surface area contributed by atoms with E-state index in [4.69, 9.17) is 21.3 Å². The normalized spacial score (nSPS) is 9.17. The van der Waals surface area contributed by atoms with E-state index in [1.807, 2.05) is 18.2 Å². The number of hydrogen-bond donors (Lipinski definition) is 0. The zero-order valence-electron chi connectivity index (χ0n) is 13.3. The maximum absolute atomic E-state index is 8.91. The first-order valence-corrected chi connectivity index (χ1v) is 6.96. The third-order valence-corrected chi connectivity index (χ3v) is 3.21. The van der Waals surface area contributed by atoms with Gasteiger partial charge in [0, 0.05) is 11.6 Å². The minimum Gasteiger partial charge on any atom is -0.497 e. The minimum absolute atomic E-state index is 0.321. The molecule has 0 aliphatic carbocycles. The van der Waals surface area contributed by atoms with Crippen LogP contribution in [0.3, 0.4) is 0 Å². The number of aliphatic imine (C=N–C) groups is 2. The van der Waals surface area contributed by atoms with Crippen LogP contribution < -0.4 is 9.47 Å². The van der Waals surface area contributed by atoms with E-state index in [9.17, 15) is 0 Å². The summed E-state index contributed by atoms with van der Waals surface area (Å²) in [6.07, 6.45) is 0. The largest absolute Gasteiger partial charge is 0.497 e. The summed E-state index contributed by atoms with van der Waals surface area (Å²) in [5.41, 5.74) is 2.00. The maximum Gasteiger partial charge on any atom is 0.213 e. The van der Waals surface area contributed by atoms with E-state index in [1.165, 1.54) is 6.07 Å². The molecule has 0 unspecified atom stereocenters. The van der Waals surface area contributed by atoms with Gasteiger partial charge in [0.05, 0.1) is 50.7 Å². The molecule has 118 valence electrons. The lowest BCUT2D eigenvalue weighted by Crippen LogP contribution is -1.92. The molecule has 0 fully saturated rings. The second-order valence-corrected chi connectivity index (χ2v) is 4.63. The predicted octanol–water partition coefficient (Wildman–Crippen LogP) is 4.13. The van der Waals surface area contributed by atoms with Crippen LogP contribution >= 0.6 is 0 Å². The van der Waals surface area contributed by atoms with Crippen molar-refractivity contribution in [1.29, 1.82) is 5.26 Å². The van der Waals surface area contributed by atoms with Gasteiger partial charge < -0.3 is 9.47 Å². The van der Waals surface area contributed by atoms with Crippen LogP contribution in [-0.2, 0) is 6.54 Å².